The summed E-state index contributed by atoms with van der Waals surface area (Å²) in [4.78, 5) is 30.7. The number of benzene rings is 1. The highest BCUT2D eigenvalue weighted by Crippen LogP contribution is 2.13. The Labute approximate surface area is 119 Å². The molecule has 0 radical (unpaired) electrons. The van der Waals surface area contributed by atoms with Gasteiger partial charge < -0.3 is 21.3 Å². The summed E-state index contributed by atoms with van der Waals surface area (Å²) in [5.74, 6) is -2.42. The fraction of sp³-hybridized carbons (Fsp3) is 0.182. The number of guanidine groups is 1. The van der Waals surface area contributed by atoms with Gasteiger partial charge in [-0.25, -0.2) is 19.7 Å². The SMILES string of the molecule is CNC(N)=N[N+](=O)[O-].Cc1c(C(=O)O)cccc1C(=O)O. The van der Waals surface area contributed by atoms with Crippen LogP contribution in [0.1, 0.15) is 26.3 Å². The first-order chi connectivity index (χ1) is 9.70. The van der Waals surface area contributed by atoms with Gasteiger partial charge in [0.2, 0.25) is 0 Å². The third-order valence-corrected chi connectivity index (χ3v) is 2.24. The number of hydrogen-bond donors (Lipinski definition) is 4. The van der Waals surface area contributed by atoms with Crippen molar-refractivity contribution < 1.29 is 24.8 Å². The van der Waals surface area contributed by atoms with E-state index in [9.17, 15) is 19.7 Å². The van der Waals surface area contributed by atoms with Gasteiger partial charge in [-0.05, 0) is 24.6 Å². The largest absolute Gasteiger partial charge is 0.478 e. The van der Waals surface area contributed by atoms with Crippen molar-refractivity contribution in [2.75, 3.05) is 7.05 Å². The molecule has 0 fully saturated rings. The quantitative estimate of drug-likeness (QED) is 0.263. The molecule has 0 aliphatic carbocycles. The number of aromatic carboxylic acids is 2. The van der Waals surface area contributed by atoms with Crippen LogP contribution in [0.4, 0.5) is 0 Å². The monoisotopic (exact) mass is 298 g/mol. The molecule has 0 aromatic heterocycles. The summed E-state index contributed by atoms with van der Waals surface area (Å²) in [7, 11) is 1.45. The van der Waals surface area contributed by atoms with Gasteiger partial charge in [0.1, 0.15) is 5.10 Å². The standard InChI is InChI=1S/C9H8O4.C2H6N4O2/c1-5-6(8(10)11)3-2-4-7(5)9(12)13;1-4-2(3)5-6(7)8/h2-4H,1H3,(H,10,11)(H,12,13);1H3,(H3,3,4,5). The summed E-state index contributed by atoms with van der Waals surface area (Å²) >= 11 is 0. The number of nitro groups is 1. The van der Waals surface area contributed by atoms with Crippen LogP contribution < -0.4 is 11.1 Å². The van der Waals surface area contributed by atoms with Crippen molar-refractivity contribution in [2.24, 2.45) is 10.8 Å². The van der Waals surface area contributed by atoms with Gasteiger partial charge in [0.15, 0.2) is 5.03 Å². The summed E-state index contributed by atoms with van der Waals surface area (Å²) in [6, 6.07) is 4.17. The number of hydrazone groups is 1. The highest BCUT2D eigenvalue weighted by Gasteiger charge is 2.13. The molecule has 0 amide bonds. The predicted molar refractivity (Wildman–Crippen MR) is 72.8 cm³/mol. The van der Waals surface area contributed by atoms with Crippen LogP contribution in [-0.2, 0) is 0 Å². The third-order valence-electron chi connectivity index (χ3n) is 2.24. The van der Waals surface area contributed by atoms with Crippen molar-refractivity contribution in [1.82, 2.24) is 5.32 Å². The Balaban J connectivity index is 0.000000433. The first-order valence-corrected chi connectivity index (χ1v) is 5.43. The van der Waals surface area contributed by atoms with Gasteiger partial charge in [-0.3, -0.25) is 0 Å². The summed E-state index contributed by atoms with van der Waals surface area (Å²) in [6.45, 7) is 1.48. The van der Waals surface area contributed by atoms with Crippen LogP contribution in [0.25, 0.3) is 0 Å². The molecule has 0 aliphatic heterocycles. The maximum absolute atomic E-state index is 10.6. The number of hydrogen-bond acceptors (Lipinski definition) is 4. The molecule has 0 spiro atoms. The number of carbonyl (C=O) groups is 2. The molecule has 21 heavy (non-hydrogen) atoms. The molecule has 0 heterocycles. The van der Waals surface area contributed by atoms with E-state index in [2.05, 4.69) is 10.4 Å². The van der Waals surface area contributed by atoms with E-state index in [1.54, 1.807) is 0 Å². The zero-order valence-corrected chi connectivity index (χ0v) is 11.2. The maximum atomic E-state index is 10.6. The number of carboxylic acids is 2. The maximum Gasteiger partial charge on any atom is 0.335 e. The Morgan fingerprint density at radius 3 is 1.95 bits per heavy atom. The van der Waals surface area contributed by atoms with Gasteiger partial charge in [0.05, 0.1) is 11.1 Å². The second-order valence-corrected chi connectivity index (χ2v) is 3.56. The minimum absolute atomic E-state index is 0.0277. The summed E-state index contributed by atoms with van der Waals surface area (Å²) in [5, 5.41) is 30.9. The number of carboxylic acid groups (broad SMARTS) is 2. The average Bonchev–Trinajstić information content (AvgIpc) is 2.38. The van der Waals surface area contributed by atoms with E-state index in [4.69, 9.17) is 15.9 Å². The van der Waals surface area contributed by atoms with E-state index in [1.165, 1.54) is 32.2 Å². The smallest absolute Gasteiger partial charge is 0.335 e. The molecule has 0 bridgehead atoms. The van der Waals surface area contributed by atoms with Crippen LogP contribution in [0, 0.1) is 17.0 Å². The highest BCUT2D eigenvalue weighted by molar-refractivity contribution is 5.96. The molecule has 0 saturated carbocycles. The van der Waals surface area contributed by atoms with Gasteiger partial charge >= 0.3 is 11.9 Å². The Morgan fingerprint density at radius 1 is 1.29 bits per heavy atom. The van der Waals surface area contributed by atoms with E-state index in [1.807, 2.05) is 0 Å². The van der Waals surface area contributed by atoms with Crippen molar-refractivity contribution in [1.29, 1.82) is 0 Å². The Bertz CT molecular complexity index is 552. The van der Waals surface area contributed by atoms with Crippen molar-refractivity contribution in [3.05, 3.63) is 45.0 Å². The molecule has 5 N–H and O–H groups in total. The van der Waals surface area contributed by atoms with Crippen LogP contribution in [0.3, 0.4) is 0 Å². The van der Waals surface area contributed by atoms with Crippen LogP contribution in [0.2, 0.25) is 0 Å². The molecular formula is C11H14N4O6. The lowest BCUT2D eigenvalue weighted by Crippen LogP contribution is -2.28. The van der Waals surface area contributed by atoms with E-state index >= 15 is 0 Å². The number of nitrogens with two attached hydrogens (primary N) is 1. The molecule has 0 aliphatic rings. The summed E-state index contributed by atoms with van der Waals surface area (Å²) in [5.41, 5.74) is 5.21. The molecule has 0 unspecified atom stereocenters. The van der Waals surface area contributed by atoms with Crippen LogP contribution in [0.5, 0.6) is 0 Å². The molecule has 10 nitrogen and oxygen atoms in total. The molecule has 114 valence electrons. The van der Waals surface area contributed by atoms with Crippen LogP contribution in [-0.4, -0.2) is 40.2 Å². The zero-order chi connectivity index (χ0) is 16.6. The zero-order valence-electron chi connectivity index (χ0n) is 11.2. The fourth-order valence-electron chi connectivity index (χ4n) is 1.24. The van der Waals surface area contributed by atoms with Gasteiger partial charge in [-0.2, -0.15) is 0 Å². The minimum atomic E-state index is -1.11. The fourth-order valence-corrected chi connectivity index (χ4v) is 1.24. The van der Waals surface area contributed by atoms with Crippen LogP contribution in [0.15, 0.2) is 23.3 Å². The predicted octanol–water partition coefficient (Wildman–Crippen LogP) is 0.104. The Kier molecular flexibility index (Phi) is 6.87. The lowest BCUT2D eigenvalue weighted by Gasteiger charge is -2.03. The molecule has 0 saturated heterocycles. The van der Waals surface area contributed by atoms with Gasteiger partial charge in [0, 0.05) is 7.05 Å². The topological polar surface area (TPSA) is 168 Å². The first-order valence-electron chi connectivity index (χ1n) is 5.43. The molecule has 10 heteroatoms. The van der Waals surface area contributed by atoms with E-state index in [0.717, 1.165) is 0 Å². The molecular weight excluding hydrogens is 284 g/mol. The van der Waals surface area contributed by atoms with Crippen molar-refractivity contribution in [3.63, 3.8) is 0 Å². The normalized spacial score (nSPS) is 10.1. The van der Waals surface area contributed by atoms with Crippen molar-refractivity contribution in [2.45, 2.75) is 6.92 Å². The van der Waals surface area contributed by atoms with Gasteiger partial charge in [0.25, 0.3) is 5.96 Å². The second kappa shape index (κ2) is 8.09. The average molecular weight is 298 g/mol. The summed E-state index contributed by atoms with van der Waals surface area (Å²) < 4.78 is 0. The van der Waals surface area contributed by atoms with E-state index < -0.39 is 17.0 Å². The molecule has 0 atom stereocenters. The highest BCUT2D eigenvalue weighted by atomic mass is 16.7. The van der Waals surface area contributed by atoms with E-state index in [-0.39, 0.29) is 22.6 Å². The molecule has 1 rings (SSSR count). The van der Waals surface area contributed by atoms with Gasteiger partial charge in [-0.15, -0.1) is 0 Å². The summed E-state index contributed by atoms with van der Waals surface area (Å²) in [6.07, 6.45) is 0. The van der Waals surface area contributed by atoms with Crippen LogP contribution >= 0.6 is 0 Å². The van der Waals surface area contributed by atoms with Crippen molar-refractivity contribution in [3.8, 4) is 0 Å². The molecule has 1 aromatic carbocycles. The second-order valence-electron chi connectivity index (χ2n) is 3.56. The lowest BCUT2D eigenvalue weighted by atomic mass is 10.0. The van der Waals surface area contributed by atoms with Crippen molar-refractivity contribution >= 4 is 17.9 Å². The number of nitrogens with one attached hydrogen (secondary N) is 1. The number of nitrogens with zero attached hydrogens (tertiary/aromatic N) is 2. The molecule has 1 aromatic rings. The minimum Gasteiger partial charge on any atom is -0.478 e. The van der Waals surface area contributed by atoms with Gasteiger partial charge in [-0.1, -0.05) is 6.07 Å². The number of rotatable bonds is 3. The Hall–Kier alpha value is -3.17. The lowest BCUT2D eigenvalue weighted by molar-refractivity contribution is -0.485. The van der Waals surface area contributed by atoms with E-state index in [0.29, 0.717) is 0 Å². The first kappa shape index (κ1) is 17.8. The Morgan fingerprint density at radius 2 is 1.71 bits per heavy atom. The third kappa shape index (κ3) is 6.00.